The molecule has 0 aliphatic rings. The van der Waals surface area contributed by atoms with Crippen LogP contribution in [0, 0.1) is 6.92 Å². The maximum Gasteiger partial charge on any atom is 0.252 e. The highest BCUT2D eigenvalue weighted by atomic mass is 16.1. The number of carbonyl (C=O) groups excluding carboxylic acids is 1. The fraction of sp³-hybridized carbons (Fsp3) is 0.120. The first-order chi connectivity index (χ1) is 13.6. The fourth-order valence-corrected chi connectivity index (χ4v) is 3.46. The molecular formula is C25H22N2O. The lowest BCUT2D eigenvalue weighted by atomic mass is 10.00. The molecule has 3 aromatic carbocycles. The number of nitrogens with one attached hydrogen (secondary N) is 1. The third kappa shape index (κ3) is 3.52. The van der Waals surface area contributed by atoms with Crippen molar-refractivity contribution in [1.29, 1.82) is 0 Å². The number of carbonyl (C=O) groups is 1. The van der Waals surface area contributed by atoms with E-state index in [2.05, 4.69) is 18.3 Å². The van der Waals surface area contributed by atoms with Gasteiger partial charge >= 0.3 is 0 Å². The van der Waals surface area contributed by atoms with Crippen LogP contribution in [0.15, 0.2) is 84.9 Å². The second-order valence-electron chi connectivity index (χ2n) is 6.99. The van der Waals surface area contributed by atoms with Gasteiger partial charge in [-0.2, -0.15) is 0 Å². The molecule has 1 aromatic heterocycles. The third-order valence-corrected chi connectivity index (χ3v) is 5.03. The number of nitrogens with zero attached hydrogens (tertiary/aromatic N) is 1. The lowest BCUT2D eigenvalue weighted by molar-refractivity contribution is 0.0941. The molecule has 1 heterocycles. The largest absolute Gasteiger partial charge is 0.345 e. The Morgan fingerprint density at radius 3 is 2.36 bits per heavy atom. The van der Waals surface area contributed by atoms with E-state index >= 15 is 0 Å². The van der Waals surface area contributed by atoms with Gasteiger partial charge in [0.1, 0.15) is 0 Å². The number of fused-ring (bicyclic) bond motifs is 1. The summed E-state index contributed by atoms with van der Waals surface area (Å²) in [6.45, 7) is 4.06. The monoisotopic (exact) mass is 366 g/mol. The van der Waals surface area contributed by atoms with Gasteiger partial charge in [-0.25, -0.2) is 4.98 Å². The maximum atomic E-state index is 13.2. The summed E-state index contributed by atoms with van der Waals surface area (Å²) in [7, 11) is 0. The van der Waals surface area contributed by atoms with Crippen molar-refractivity contribution in [1.82, 2.24) is 10.3 Å². The van der Waals surface area contributed by atoms with Gasteiger partial charge in [-0.05, 0) is 37.1 Å². The van der Waals surface area contributed by atoms with E-state index < -0.39 is 0 Å². The van der Waals surface area contributed by atoms with Crippen molar-refractivity contribution < 1.29 is 4.79 Å². The second-order valence-corrected chi connectivity index (χ2v) is 6.99. The van der Waals surface area contributed by atoms with Crippen molar-refractivity contribution in [3.8, 4) is 11.3 Å². The van der Waals surface area contributed by atoms with Crippen LogP contribution < -0.4 is 5.32 Å². The normalized spacial score (nSPS) is 11.9. The van der Waals surface area contributed by atoms with Gasteiger partial charge in [0, 0.05) is 10.9 Å². The highest BCUT2D eigenvalue weighted by Crippen LogP contribution is 2.27. The summed E-state index contributed by atoms with van der Waals surface area (Å²) < 4.78 is 0. The topological polar surface area (TPSA) is 42.0 Å². The Hall–Kier alpha value is -3.46. The molecule has 0 radical (unpaired) electrons. The van der Waals surface area contributed by atoms with Gasteiger partial charge in [-0.3, -0.25) is 4.79 Å². The molecule has 28 heavy (non-hydrogen) atoms. The minimum Gasteiger partial charge on any atom is -0.345 e. The van der Waals surface area contributed by atoms with Gasteiger partial charge in [0.05, 0.1) is 22.8 Å². The molecule has 0 bridgehead atoms. The predicted molar refractivity (Wildman–Crippen MR) is 114 cm³/mol. The molecule has 3 nitrogen and oxygen atoms in total. The average molecular weight is 366 g/mol. The lowest BCUT2D eigenvalue weighted by Gasteiger charge is -2.16. The Bertz CT molecular complexity index is 1140. The van der Waals surface area contributed by atoms with Crippen LogP contribution in [-0.4, -0.2) is 10.9 Å². The number of para-hydroxylation sites is 1. The van der Waals surface area contributed by atoms with E-state index in [1.165, 1.54) is 0 Å². The van der Waals surface area contributed by atoms with Gasteiger partial charge in [0.15, 0.2) is 0 Å². The van der Waals surface area contributed by atoms with E-state index in [1.54, 1.807) is 0 Å². The predicted octanol–water partition coefficient (Wildman–Crippen LogP) is 5.70. The molecule has 0 saturated carbocycles. The van der Waals surface area contributed by atoms with Gasteiger partial charge in [0.2, 0.25) is 0 Å². The molecule has 1 amide bonds. The van der Waals surface area contributed by atoms with Crippen molar-refractivity contribution in [2.75, 3.05) is 0 Å². The molecule has 4 rings (SSSR count). The van der Waals surface area contributed by atoms with Crippen LogP contribution in [0.2, 0.25) is 0 Å². The van der Waals surface area contributed by atoms with Crippen LogP contribution in [0.25, 0.3) is 22.2 Å². The van der Waals surface area contributed by atoms with Gasteiger partial charge in [0.25, 0.3) is 5.91 Å². The van der Waals surface area contributed by atoms with E-state index in [0.29, 0.717) is 5.56 Å². The van der Waals surface area contributed by atoms with Crippen molar-refractivity contribution in [3.63, 3.8) is 0 Å². The fourth-order valence-electron chi connectivity index (χ4n) is 3.46. The van der Waals surface area contributed by atoms with Gasteiger partial charge < -0.3 is 5.32 Å². The van der Waals surface area contributed by atoms with Crippen LogP contribution in [0.1, 0.15) is 34.5 Å². The Balaban J connectivity index is 1.77. The number of pyridine rings is 1. The molecule has 0 aliphatic heterocycles. The Morgan fingerprint density at radius 1 is 0.893 bits per heavy atom. The van der Waals surface area contributed by atoms with Crippen LogP contribution in [0.3, 0.4) is 0 Å². The van der Waals surface area contributed by atoms with E-state index in [-0.39, 0.29) is 11.9 Å². The SMILES string of the molecule is Cc1ccccc1-c1cc(C(=O)N[C@@H](C)c2ccccc2)c2ccccc2n1. The zero-order valence-corrected chi connectivity index (χ0v) is 16.0. The number of hydrogen-bond acceptors (Lipinski definition) is 2. The molecule has 0 unspecified atom stereocenters. The van der Waals surface area contributed by atoms with E-state index in [1.807, 2.05) is 85.8 Å². The first-order valence-electron chi connectivity index (χ1n) is 9.45. The molecule has 0 aliphatic carbocycles. The van der Waals surface area contributed by atoms with E-state index in [4.69, 9.17) is 4.98 Å². The summed E-state index contributed by atoms with van der Waals surface area (Å²) in [5.41, 5.74) is 5.53. The van der Waals surface area contributed by atoms with Crippen molar-refractivity contribution in [2.24, 2.45) is 0 Å². The molecule has 1 atom stereocenters. The number of aromatic nitrogens is 1. The number of aryl methyl sites for hydroxylation is 1. The number of benzene rings is 3. The third-order valence-electron chi connectivity index (χ3n) is 5.03. The molecule has 3 heteroatoms. The summed E-state index contributed by atoms with van der Waals surface area (Å²) in [4.78, 5) is 18.0. The molecule has 0 saturated heterocycles. The lowest BCUT2D eigenvalue weighted by Crippen LogP contribution is -2.27. The van der Waals surface area contributed by atoms with Gasteiger partial charge in [-0.1, -0.05) is 72.8 Å². The number of rotatable bonds is 4. The van der Waals surface area contributed by atoms with Crippen LogP contribution in [0.5, 0.6) is 0 Å². The molecule has 0 fully saturated rings. The van der Waals surface area contributed by atoms with Crippen molar-refractivity contribution in [2.45, 2.75) is 19.9 Å². The molecule has 1 N–H and O–H groups in total. The quantitative estimate of drug-likeness (QED) is 0.503. The van der Waals surface area contributed by atoms with Crippen LogP contribution in [0.4, 0.5) is 0 Å². The molecule has 4 aromatic rings. The second kappa shape index (κ2) is 7.65. The van der Waals surface area contributed by atoms with Gasteiger partial charge in [-0.15, -0.1) is 0 Å². The Labute approximate surface area is 165 Å². The molecular weight excluding hydrogens is 344 g/mol. The molecule has 0 spiro atoms. The summed E-state index contributed by atoms with van der Waals surface area (Å²) in [6.07, 6.45) is 0. The van der Waals surface area contributed by atoms with Crippen LogP contribution in [-0.2, 0) is 0 Å². The standard InChI is InChI=1S/C25H22N2O/c1-17-10-6-7-13-20(17)24-16-22(21-14-8-9-15-23(21)27-24)25(28)26-18(2)19-11-4-3-5-12-19/h3-16,18H,1-2H3,(H,26,28)/t18-/m0/s1. The summed E-state index contributed by atoms with van der Waals surface area (Å²) in [5.74, 6) is -0.0928. The average Bonchev–Trinajstić information content (AvgIpc) is 2.74. The smallest absolute Gasteiger partial charge is 0.252 e. The zero-order chi connectivity index (χ0) is 19.5. The first kappa shape index (κ1) is 17.9. The first-order valence-corrected chi connectivity index (χ1v) is 9.45. The maximum absolute atomic E-state index is 13.2. The Kier molecular flexibility index (Phi) is 4.90. The highest BCUT2D eigenvalue weighted by Gasteiger charge is 2.17. The van der Waals surface area contributed by atoms with E-state index in [9.17, 15) is 4.79 Å². The van der Waals surface area contributed by atoms with Crippen molar-refractivity contribution in [3.05, 3.63) is 102 Å². The zero-order valence-electron chi connectivity index (χ0n) is 16.0. The Morgan fingerprint density at radius 2 is 1.57 bits per heavy atom. The highest BCUT2D eigenvalue weighted by molar-refractivity contribution is 6.07. The van der Waals surface area contributed by atoms with Crippen LogP contribution >= 0.6 is 0 Å². The minimum atomic E-state index is -0.0928. The molecule has 138 valence electrons. The van der Waals surface area contributed by atoms with Crippen molar-refractivity contribution >= 4 is 16.8 Å². The number of hydrogen-bond donors (Lipinski definition) is 1. The summed E-state index contributed by atoms with van der Waals surface area (Å²) in [6, 6.07) is 27.7. The summed E-state index contributed by atoms with van der Waals surface area (Å²) in [5, 5.41) is 3.99. The van der Waals surface area contributed by atoms with E-state index in [0.717, 1.165) is 33.3 Å². The minimum absolute atomic E-state index is 0.0810. The summed E-state index contributed by atoms with van der Waals surface area (Å²) >= 11 is 0. The number of amides is 1.